The number of carbonyl (C=O) groups excluding carboxylic acids is 1. The maximum atomic E-state index is 11.4. The summed E-state index contributed by atoms with van der Waals surface area (Å²) < 4.78 is 11.1. The Kier molecular flexibility index (Phi) is 5.55. The summed E-state index contributed by atoms with van der Waals surface area (Å²) in [6, 6.07) is 0. The van der Waals surface area contributed by atoms with E-state index in [1.54, 1.807) is 7.11 Å². The maximum Gasteiger partial charge on any atom is 0.220 e. The van der Waals surface area contributed by atoms with E-state index in [2.05, 4.69) is 21.8 Å². The molecule has 1 saturated heterocycles. The number of hydrogen-bond acceptors (Lipinski definition) is 5. The number of ether oxygens (including phenoxy) is 2. The molecule has 1 aromatic rings. The summed E-state index contributed by atoms with van der Waals surface area (Å²) in [5.74, 6) is 0.629. The molecular formula is C15H26N4O3. The van der Waals surface area contributed by atoms with Crippen molar-refractivity contribution in [2.24, 2.45) is 5.73 Å². The molecule has 3 N–H and O–H groups in total. The number of nitrogens with two attached hydrogens (primary N) is 1. The lowest BCUT2D eigenvalue weighted by molar-refractivity contribution is -0.154. The highest BCUT2D eigenvalue weighted by molar-refractivity contribution is 5.75. The van der Waals surface area contributed by atoms with E-state index in [-0.39, 0.29) is 12.3 Å². The van der Waals surface area contributed by atoms with Crippen molar-refractivity contribution in [3.05, 3.63) is 17.2 Å². The summed E-state index contributed by atoms with van der Waals surface area (Å²) >= 11 is 0. The summed E-state index contributed by atoms with van der Waals surface area (Å²) in [6.07, 6.45) is 1.05. The van der Waals surface area contributed by atoms with Gasteiger partial charge in [0.1, 0.15) is 11.4 Å². The van der Waals surface area contributed by atoms with Gasteiger partial charge in [-0.1, -0.05) is 6.92 Å². The van der Waals surface area contributed by atoms with Crippen LogP contribution in [0.15, 0.2) is 0 Å². The highest BCUT2D eigenvalue weighted by Crippen LogP contribution is 2.24. The molecule has 1 fully saturated rings. The molecule has 124 valence electrons. The first kappa shape index (κ1) is 16.9. The Morgan fingerprint density at radius 2 is 2.36 bits per heavy atom. The number of carbonyl (C=O) groups is 1. The Hall–Kier alpha value is -1.44. The number of nitrogens with one attached hydrogen (secondary N) is 1. The number of nitrogens with zero attached hydrogens (tertiary/aromatic N) is 2. The van der Waals surface area contributed by atoms with Crippen LogP contribution in [0.25, 0.3) is 0 Å². The van der Waals surface area contributed by atoms with Gasteiger partial charge >= 0.3 is 0 Å². The molecule has 1 amide bonds. The van der Waals surface area contributed by atoms with Crippen LogP contribution in [0.4, 0.5) is 0 Å². The molecule has 0 bridgehead atoms. The second-order valence-electron chi connectivity index (χ2n) is 5.93. The molecule has 7 nitrogen and oxygen atoms in total. The summed E-state index contributed by atoms with van der Waals surface area (Å²) in [4.78, 5) is 21.5. The number of aromatic amines is 1. The van der Waals surface area contributed by atoms with Crippen LogP contribution in [0.3, 0.4) is 0 Å². The lowest BCUT2D eigenvalue weighted by atomic mass is 9.97. The molecule has 7 heteroatoms. The van der Waals surface area contributed by atoms with Gasteiger partial charge in [0.25, 0.3) is 0 Å². The van der Waals surface area contributed by atoms with Gasteiger partial charge in [-0.2, -0.15) is 0 Å². The Bertz CT molecular complexity index is 513. The third-order valence-electron chi connectivity index (χ3n) is 3.97. The number of aryl methyl sites for hydroxylation is 2. The number of imidazole rings is 1. The minimum absolute atomic E-state index is 0.164. The molecule has 0 saturated carbocycles. The molecule has 22 heavy (non-hydrogen) atoms. The van der Waals surface area contributed by atoms with Gasteiger partial charge in [-0.25, -0.2) is 4.98 Å². The highest BCUT2D eigenvalue weighted by Gasteiger charge is 2.38. The summed E-state index contributed by atoms with van der Waals surface area (Å²) in [7, 11) is 1.61. The number of amides is 1. The quantitative estimate of drug-likeness (QED) is 0.759. The Balaban J connectivity index is 2.07. The molecule has 0 radical (unpaired) electrons. The number of methoxy groups -OCH3 is 1. The van der Waals surface area contributed by atoms with Crippen molar-refractivity contribution < 1.29 is 14.3 Å². The van der Waals surface area contributed by atoms with Crippen molar-refractivity contribution in [1.82, 2.24) is 14.9 Å². The SMILES string of the molecule is CCc1nc(CN2CCOC(COC)(CC(N)=O)C2)c(C)[nH]1. The molecule has 0 aliphatic carbocycles. The third kappa shape index (κ3) is 4.06. The molecule has 2 heterocycles. The van der Waals surface area contributed by atoms with Gasteiger partial charge in [-0.15, -0.1) is 0 Å². The maximum absolute atomic E-state index is 11.4. The van der Waals surface area contributed by atoms with Crippen LogP contribution < -0.4 is 5.73 Å². The van der Waals surface area contributed by atoms with Gasteiger partial charge < -0.3 is 20.2 Å². The van der Waals surface area contributed by atoms with Crippen LogP contribution in [-0.2, 0) is 27.2 Å². The van der Waals surface area contributed by atoms with Crippen molar-refractivity contribution >= 4 is 5.91 Å². The van der Waals surface area contributed by atoms with Crippen LogP contribution in [0.1, 0.15) is 30.6 Å². The van der Waals surface area contributed by atoms with Crippen LogP contribution in [0.2, 0.25) is 0 Å². The molecule has 2 rings (SSSR count). The second kappa shape index (κ2) is 7.21. The van der Waals surface area contributed by atoms with Crippen molar-refractivity contribution in [3.63, 3.8) is 0 Å². The van der Waals surface area contributed by atoms with E-state index in [4.69, 9.17) is 15.2 Å². The van der Waals surface area contributed by atoms with Crippen LogP contribution >= 0.6 is 0 Å². The number of aromatic nitrogens is 2. The fourth-order valence-corrected chi connectivity index (χ4v) is 2.98. The Labute approximate surface area is 131 Å². The van der Waals surface area contributed by atoms with Gasteiger partial charge in [0.2, 0.25) is 5.91 Å². The number of H-pyrrole nitrogens is 1. The molecular weight excluding hydrogens is 284 g/mol. The molecule has 1 aliphatic rings. The minimum Gasteiger partial charge on any atom is -0.382 e. The van der Waals surface area contributed by atoms with Gasteiger partial charge in [0, 0.05) is 38.9 Å². The predicted octanol–water partition coefficient (Wildman–Crippen LogP) is 0.373. The molecule has 1 unspecified atom stereocenters. The predicted molar refractivity (Wildman–Crippen MR) is 82.4 cm³/mol. The Morgan fingerprint density at radius 3 is 2.95 bits per heavy atom. The van der Waals surface area contributed by atoms with Gasteiger partial charge in [-0.3, -0.25) is 9.69 Å². The molecule has 1 aromatic heterocycles. The standard InChI is InChI=1S/C15H26N4O3/c1-4-14-17-11(2)12(18-14)8-19-5-6-22-15(9-19,10-21-3)7-13(16)20/h4-10H2,1-3H3,(H2,16,20)(H,17,18). The fourth-order valence-electron chi connectivity index (χ4n) is 2.98. The average molecular weight is 310 g/mol. The zero-order chi connectivity index (χ0) is 16.2. The molecule has 0 aromatic carbocycles. The fraction of sp³-hybridized carbons (Fsp3) is 0.733. The van der Waals surface area contributed by atoms with Gasteiger partial charge in [0.15, 0.2) is 0 Å². The molecule has 0 spiro atoms. The van der Waals surface area contributed by atoms with E-state index >= 15 is 0 Å². The first-order valence-electron chi connectivity index (χ1n) is 7.66. The van der Waals surface area contributed by atoms with Gasteiger partial charge in [-0.05, 0) is 6.92 Å². The first-order chi connectivity index (χ1) is 10.5. The van der Waals surface area contributed by atoms with Crippen molar-refractivity contribution in [3.8, 4) is 0 Å². The average Bonchev–Trinajstić information content (AvgIpc) is 2.79. The summed E-state index contributed by atoms with van der Waals surface area (Å²) in [6.45, 7) is 7.17. The first-order valence-corrected chi connectivity index (χ1v) is 7.66. The smallest absolute Gasteiger partial charge is 0.220 e. The largest absolute Gasteiger partial charge is 0.382 e. The summed E-state index contributed by atoms with van der Waals surface area (Å²) in [5.41, 5.74) is 6.85. The normalized spacial score (nSPS) is 22.9. The van der Waals surface area contributed by atoms with Crippen LogP contribution in [0, 0.1) is 6.92 Å². The van der Waals surface area contributed by atoms with Crippen molar-refractivity contribution in [2.45, 2.75) is 38.8 Å². The van der Waals surface area contributed by atoms with E-state index in [0.717, 1.165) is 36.7 Å². The van der Waals surface area contributed by atoms with Crippen LogP contribution in [0.5, 0.6) is 0 Å². The topological polar surface area (TPSA) is 93.5 Å². The zero-order valence-corrected chi connectivity index (χ0v) is 13.6. The van der Waals surface area contributed by atoms with E-state index in [9.17, 15) is 4.79 Å². The summed E-state index contributed by atoms with van der Waals surface area (Å²) in [5, 5.41) is 0. The molecule has 1 atom stereocenters. The zero-order valence-electron chi connectivity index (χ0n) is 13.6. The number of primary amides is 1. The van der Waals surface area contributed by atoms with E-state index in [1.165, 1.54) is 0 Å². The number of hydrogen-bond donors (Lipinski definition) is 2. The third-order valence-corrected chi connectivity index (χ3v) is 3.97. The van der Waals surface area contributed by atoms with Crippen LogP contribution in [-0.4, -0.2) is 59.8 Å². The van der Waals surface area contributed by atoms with E-state index in [1.807, 2.05) is 6.92 Å². The minimum atomic E-state index is -0.656. The molecule has 1 aliphatic heterocycles. The van der Waals surface area contributed by atoms with E-state index < -0.39 is 5.60 Å². The van der Waals surface area contributed by atoms with E-state index in [0.29, 0.717) is 19.8 Å². The Morgan fingerprint density at radius 1 is 1.59 bits per heavy atom. The van der Waals surface area contributed by atoms with Crippen molar-refractivity contribution in [1.29, 1.82) is 0 Å². The number of morpholine rings is 1. The van der Waals surface area contributed by atoms with Gasteiger partial charge in [0.05, 0.1) is 25.3 Å². The highest BCUT2D eigenvalue weighted by atomic mass is 16.5. The monoisotopic (exact) mass is 310 g/mol. The second-order valence-corrected chi connectivity index (χ2v) is 5.93. The van der Waals surface area contributed by atoms with Crippen molar-refractivity contribution in [2.75, 3.05) is 33.4 Å². The number of rotatable bonds is 7. The lowest BCUT2D eigenvalue weighted by Crippen LogP contribution is -2.55. The lowest BCUT2D eigenvalue weighted by Gasteiger charge is -2.41.